The Balaban J connectivity index is 1.91. The van der Waals surface area contributed by atoms with E-state index >= 15 is 0 Å². The van der Waals surface area contributed by atoms with Gasteiger partial charge >= 0.3 is 0 Å². The van der Waals surface area contributed by atoms with Crippen molar-refractivity contribution in [1.82, 2.24) is 14.9 Å². The molecule has 5 nitrogen and oxygen atoms in total. The molecule has 0 atom stereocenters. The molecule has 0 spiro atoms. The number of fused-ring (bicyclic) bond motifs is 1. The van der Waals surface area contributed by atoms with Crippen molar-refractivity contribution in [3.05, 3.63) is 47.8 Å². The van der Waals surface area contributed by atoms with Crippen molar-refractivity contribution in [3.8, 4) is 0 Å². The molecule has 0 saturated heterocycles. The largest absolute Gasteiger partial charge is 0.338 e. The van der Waals surface area contributed by atoms with Gasteiger partial charge in [-0.15, -0.1) is 0 Å². The van der Waals surface area contributed by atoms with E-state index in [1.807, 2.05) is 26.0 Å². The van der Waals surface area contributed by atoms with Gasteiger partial charge in [0, 0.05) is 31.5 Å². The summed E-state index contributed by atoms with van der Waals surface area (Å²) in [5.74, 6) is 0.559. The second kappa shape index (κ2) is 6.13. The van der Waals surface area contributed by atoms with Gasteiger partial charge in [-0.05, 0) is 38.0 Å². The first kappa shape index (κ1) is 14.5. The Labute approximate surface area is 130 Å². The van der Waals surface area contributed by atoms with Gasteiger partial charge in [0.25, 0.3) is 5.91 Å². The van der Waals surface area contributed by atoms with Gasteiger partial charge in [0.1, 0.15) is 5.69 Å². The first-order valence-electron chi connectivity index (χ1n) is 7.72. The number of carbonyl (C=O) groups excluding carboxylic acids is 1. The lowest BCUT2D eigenvalue weighted by Gasteiger charge is -2.20. The summed E-state index contributed by atoms with van der Waals surface area (Å²) in [6.07, 6.45) is 2.65. The normalized spacial score (nSPS) is 13.1. The molecule has 22 heavy (non-hydrogen) atoms. The lowest BCUT2D eigenvalue weighted by molar-refractivity contribution is 0.0767. The number of rotatable bonds is 4. The molecule has 0 N–H and O–H groups in total. The monoisotopic (exact) mass is 296 g/mol. The molecule has 2 aromatic rings. The number of amides is 1. The molecule has 1 aliphatic heterocycles. The van der Waals surface area contributed by atoms with Crippen molar-refractivity contribution in [2.24, 2.45) is 0 Å². The van der Waals surface area contributed by atoms with Crippen molar-refractivity contribution in [2.75, 3.05) is 24.5 Å². The highest BCUT2D eigenvalue weighted by Gasteiger charge is 2.23. The van der Waals surface area contributed by atoms with Crippen LogP contribution in [0.25, 0.3) is 0 Å². The minimum atomic E-state index is -0.0406. The van der Waals surface area contributed by atoms with Crippen LogP contribution < -0.4 is 4.90 Å². The van der Waals surface area contributed by atoms with Crippen LogP contribution in [0.1, 0.15) is 29.9 Å². The molecule has 0 bridgehead atoms. The topological polar surface area (TPSA) is 49.3 Å². The molecule has 0 fully saturated rings. The number of hydrogen-bond acceptors (Lipinski definition) is 4. The minimum absolute atomic E-state index is 0.0406. The highest BCUT2D eigenvalue weighted by Crippen LogP contribution is 2.32. The summed E-state index contributed by atoms with van der Waals surface area (Å²) >= 11 is 0. The third kappa shape index (κ3) is 2.54. The van der Waals surface area contributed by atoms with E-state index in [2.05, 4.69) is 27.0 Å². The predicted molar refractivity (Wildman–Crippen MR) is 86.4 cm³/mol. The Bertz CT molecular complexity index is 682. The Morgan fingerprint density at radius 2 is 2.00 bits per heavy atom. The van der Waals surface area contributed by atoms with Crippen molar-refractivity contribution in [2.45, 2.75) is 20.3 Å². The zero-order valence-electron chi connectivity index (χ0n) is 13.0. The van der Waals surface area contributed by atoms with Crippen molar-refractivity contribution in [1.29, 1.82) is 0 Å². The fourth-order valence-corrected chi connectivity index (χ4v) is 2.82. The molecular formula is C17H20N4O. The molecule has 1 amide bonds. The second-order valence-corrected chi connectivity index (χ2v) is 5.25. The summed E-state index contributed by atoms with van der Waals surface area (Å²) in [6.45, 7) is 6.16. The summed E-state index contributed by atoms with van der Waals surface area (Å²) < 4.78 is 0. The number of nitrogens with zero attached hydrogens (tertiary/aromatic N) is 4. The number of carbonyl (C=O) groups is 1. The molecule has 114 valence electrons. The quantitative estimate of drug-likeness (QED) is 0.870. The van der Waals surface area contributed by atoms with Gasteiger partial charge in [-0.2, -0.15) is 0 Å². The van der Waals surface area contributed by atoms with E-state index in [1.165, 1.54) is 5.56 Å². The maximum atomic E-state index is 12.4. The number of hydrogen-bond donors (Lipinski definition) is 0. The van der Waals surface area contributed by atoms with Gasteiger partial charge in [-0.3, -0.25) is 4.79 Å². The SMILES string of the molecule is CCN(CC)C(=O)c1ccnc(N2CCc3ccccc32)n1. The van der Waals surface area contributed by atoms with Gasteiger partial charge in [0.15, 0.2) is 0 Å². The maximum absolute atomic E-state index is 12.4. The molecule has 0 radical (unpaired) electrons. The molecule has 0 unspecified atom stereocenters. The molecule has 0 aliphatic carbocycles. The molecule has 5 heteroatoms. The zero-order valence-corrected chi connectivity index (χ0v) is 13.0. The van der Waals surface area contributed by atoms with E-state index in [9.17, 15) is 4.79 Å². The summed E-state index contributed by atoms with van der Waals surface area (Å²) in [5.41, 5.74) is 2.89. The standard InChI is InChI=1S/C17H20N4O/c1-3-20(4-2)16(22)14-9-11-18-17(19-14)21-12-10-13-7-5-6-8-15(13)21/h5-9,11H,3-4,10,12H2,1-2H3. The third-order valence-corrected chi connectivity index (χ3v) is 4.04. The number of aromatic nitrogens is 2. The van der Waals surface area contributed by atoms with Gasteiger partial charge < -0.3 is 9.80 Å². The minimum Gasteiger partial charge on any atom is -0.338 e. The molecule has 2 heterocycles. The average Bonchev–Trinajstić information content (AvgIpc) is 3.00. The van der Waals surface area contributed by atoms with Crippen molar-refractivity contribution < 1.29 is 4.79 Å². The Hall–Kier alpha value is -2.43. The van der Waals surface area contributed by atoms with E-state index in [0.717, 1.165) is 18.7 Å². The molecule has 0 saturated carbocycles. The van der Waals surface area contributed by atoms with Crippen LogP contribution in [0, 0.1) is 0 Å². The summed E-state index contributed by atoms with van der Waals surface area (Å²) in [6, 6.07) is 9.95. The van der Waals surface area contributed by atoms with Crippen LogP contribution in [-0.4, -0.2) is 40.4 Å². The Kier molecular flexibility index (Phi) is 4.04. The van der Waals surface area contributed by atoms with E-state index in [0.29, 0.717) is 24.7 Å². The third-order valence-electron chi connectivity index (χ3n) is 4.04. The van der Waals surface area contributed by atoms with Crippen molar-refractivity contribution in [3.63, 3.8) is 0 Å². The molecule has 1 aliphatic rings. The second-order valence-electron chi connectivity index (χ2n) is 5.25. The number of para-hydroxylation sites is 1. The zero-order chi connectivity index (χ0) is 15.5. The fraction of sp³-hybridized carbons (Fsp3) is 0.353. The fourth-order valence-electron chi connectivity index (χ4n) is 2.82. The van der Waals surface area contributed by atoms with Crippen LogP contribution >= 0.6 is 0 Å². The van der Waals surface area contributed by atoms with Crippen molar-refractivity contribution >= 4 is 17.5 Å². The number of benzene rings is 1. The molecule has 1 aromatic heterocycles. The van der Waals surface area contributed by atoms with Gasteiger partial charge in [-0.1, -0.05) is 18.2 Å². The van der Waals surface area contributed by atoms with Crippen LogP contribution in [0.4, 0.5) is 11.6 Å². The van der Waals surface area contributed by atoms with E-state index < -0.39 is 0 Å². The van der Waals surface area contributed by atoms with E-state index in [-0.39, 0.29) is 5.91 Å². The highest BCUT2D eigenvalue weighted by molar-refractivity contribution is 5.92. The summed E-state index contributed by atoms with van der Waals surface area (Å²) in [7, 11) is 0. The molecular weight excluding hydrogens is 276 g/mol. The Morgan fingerprint density at radius 1 is 1.23 bits per heavy atom. The average molecular weight is 296 g/mol. The van der Waals surface area contributed by atoms with Gasteiger partial charge in [0.2, 0.25) is 5.95 Å². The van der Waals surface area contributed by atoms with Crippen LogP contribution in [0.3, 0.4) is 0 Å². The number of anilines is 2. The summed E-state index contributed by atoms with van der Waals surface area (Å²) in [4.78, 5) is 25.1. The molecule has 3 rings (SSSR count). The summed E-state index contributed by atoms with van der Waals surface area (Å²) in [5, 5.41) is 0. The highest BCUT2D eigenvalue weighted by atomic mass is 16.2. The lowest BCUT2D eigenvalue weighted by atomic mass is 10.2. The predicted octanol–water partition coefficient (Wildman–Crippen LogP) is 2.65. The first-order valence-corrected chi connectivity index (χ1v) is 7.72. The van der Waals surface area contributed by atoms with Crippen LogP contribution in [0.15, 0.2) is 36.5 Å². The van der Waals surface area contributed by atoms with E-state index in [4.69, 9.17) is 0 Å². The Morgan fingerprint density at radius 3 is 2.77 bits per heavy atom. The lowest BCUT2D eigenvalue weighted by Crippen LogP contribution is -2.31. The maximum Gasteiger partial charge on any atom is 0.272 e. The molecule has 1 aromatic carbocycles. The van der Waals surface area contributed by atoms with Crippen LogP contribution in [-0.2, 0) is 6.42 Å². The van der Waals surface area contributed by atoms with Crippen LogP contribution in [0.5, 0.6) is 0 Å². The van der Waals surface area contributed by atoms with Gasteiger partial charge in [-0.25, -0.2) is 9.97 Å². The smallest absolute Gasteiger partial charge is 0.272 e. The van der Waals surface area contributed by atoms with Gasteiger partial charge in [0.05, 0.1) is 0 Å². The van der Waals surface area contributed by atoms with E-state index in [1.54, 1.807) is 17.2 Å². The van der Waals surface area contributed by atoms with Crippen LogP contribution in [0.2, 0.25) is 0 Å². The first-order chi connectivity index (χ1) is 10.7.